The van der Waals surface area contributed by atoms with E-state index in [9.17, 15) is 0 Å². The third-order valence-corrected chi connectivity index (χ3v) is 4.31. The summed E-state index contributed by atoms with van der Waals surface area (Å²) in [6, 6.07) is 4.63. The van der Waals surface area contributed by atoms with E-state index in [-0.39, 0.29) is 12.1 Å². The molecule has 0 aliphatic carbocycles. The molecule has 0 bridgehead atoms. The Morgan fingerprint density at radius 2 is 2.11 bits per heavy atom. The smallest absolute Gasteiger partial charge is 0.0930 e. The van der Waals surface area contributed by atoms with E-state index in [1.165, 1.54) is 11.3 Å². The molecule has 0 amide bonds. The highest BCUT2D eigenvalue weighted by molar-refractivity contribution is 7.07. The maximum atomic E-state index is 6.36. The van der Waals surface area contributed by atoms with Crippen molar-refractivity contribution in [3.63, 3.8) is 0 Å². The molecule has 19 heavy (non-hydrogen) atoms. The van der Waals surface area contributed by atoms with Crippen molar-refractivity contribution in [2.75, 3.05) is 0 Å². The lowest BCUT2D eigenvalue weighted by Crippen LogP contribution is -2.33. The summed E-state index contributed by atoms with van der Waals surface area (Å²) in [5.74, 6) is 0. The fourth-order valence-corrected chi connectivity index (χ4v) is 3.09. The predicted octanol–water partition coefficient (Wildman–Crippen LogP) is 3.40. The summed E-state index contributed by atoms with van der Waals surface area (Å²) in [4.78, 5) is 0. The third-order valence-electron chi connectivity index (χ3n) is 3.61. The van der Waals surface area contributed by atoms with E-state index in [1.54, 1.807) is 11.3 Å². The minimum absolute atomic E-state index is 0.101. The Balaban J connectivity index is 2.46. The van der Waals surface area contributed by atoms with Crippen LogP contribution in [0.1, 0.15) is 50.2 Å². The van der Waals surface area contributed by atoms with Crippen LogP contribution >= 0.6 is 11.3 Å². The van der Waals surface area contributed by atoms with Crippen molar-refractivity contribution in [2.45, 2.75) is 52.1 Å². The Bertz CT molecular complexity index is 501. The van der Waals surface area contributed by atoms with E-state index in [0.717, 1.165) is 25.0 Å². The summed E-state index contributed by atoms with van der Waals surface area (Å²) in [5.41, 5.74) is 10.1. The van der Waals surface area contributed by atoms with Crippen LogP contribution in [0.2, 0.25) is 0 Å². The molecule has 104 valence electrons. The number of nitrogens with two attached hydrogens (primary N) is 1. The van der Waals surface area contributed by atoms with Crippen LogP contribution in [0.5, 0.6) is 0 Å². The second kappa shape index (κ2) is 6.35. The molecule has 2 aromatic heterocycles. The molecule has 2 N–H and O–H groups in total. The number of hydrogen-bond acceptors (Lipinski definition) is 3. The summed E-state index contributed by atoms with van der Waals surface area (Å²) in [7, 11) is 0. The first-order valence-corrected chi connectivity index (χ1v) is 8.00. The van der Waals surface area contributed by atoms with Gasteiger partial charge in [-0.2, -0.15) is 16.4 Å². The lowest BCUT2D eigenvalue weighted by molar-refractivity contribution is 0.412. The fourth-order valence-electron chi connectivity index (χ4n) is 2.40. The van der Waals surface area contributed by atoms with Gasteiger partial charge in [0.2, 0.25) is 0 Å². The summed E-state index contributed by atoms with van der Waals surface area (Å²) in [6.45, 7) is 6.46. The molecule has 0 radical (unpaired) electrons. The molecule has 0 saturated carbocycles. The lowest BCUT2D eigenvalue weighted by Gasteiger charge is -2.24. The van der Waals surface area contributed by atoms with Gasteiger partial charge in [0.15, 0.2) is 0 Å². The van der Waals surface area contributed by atoms with Crippen LogP contribution in [0.15, 0.2) is 22.9 Å². The van der Waals surface area contributed by atoms with Crippen LogP contribution in [0, 0.1) is 0 Å². The second-order valence-corrected chi connectivity index (χ2v) is 5.63. The Morgan fingerprint density at radius 3 is 2.63 bits per heavy atom. The van der Waals surface area contributed by atoms with Gasteiger partial charge in [-0.25, -0.2) is 0 Å². The van der Waals surface area contributed by atoms with Crippen molar-refractivity contribution in [1.82, 2.24) is 9.78 Å². The fraction of sp³-hybridized carbons (Fsp3) is 0.533. The van der Waals surface area contributed by atoms with Crippen LogP contribution in [0.25, 0.3) is 0 Å². The van der Waals surface area contributed by atoms with Gasteiger partial charge < -0.3 is 5.73 Å². The monoisotopic (exact) mass is 277 g/mol. The Hall–Kier alpha value is -1.13. The van der Waals surface area contributed by atoms with Crippen molar-refractivity contribution in [3.8, 4) is 0 Å². The molecule has 2 atom stereocenters. The standard InChI is InChI=1S/C15H23N3S/c1-4-12-9-13(5-2)18(17-12)15(14(16)6-3)11-7-8-19-10-11/h7-10,14-15H,4-6,16H2,1-3H3. The molecule has 0 saturated heterocycles. The van der Waals surface area contributed by atoms with E-state index in [2.05, 4.69) is 48.3 Å². The van der Waals surface area contributed by atoms with E-state index >= 15 is 0 Å². The molecular weight excluding hydrogens is 254 g/mol. The second-order valence-electron chi connectivity index (χ2n) is 4.85. The highest BCUT2D eigenvalue weighted by Gasteiger charge is 2.24. The van der Waals surface area contributed by atoms with E-state index < -0.39 is 0 Å². The molecule has 2 heterocycles. The average molecular weight is 277 g/mol. The molecule has 4 heteroatoms. The summed E-state index contributed by atoms with van der Waals surface area (Å²) in [6.07, 6.45) is 2.91. The van der Waals surface area contributed by atoms with Crippen molar-refractivity contribution in [3.05, 3.63) is 39.8 Å². The Morgan fingerprint density at radius 1 is 1.32 bits per heavy atom. The normalized spacial score (nSPS) is 14.5. The SMILES string of the molecule is CCc1cc(CC)n(C(c2ccsc2)C(N)CC)n1. The third kappa shape index (κ3) is 2.90. The largest absolute Gasteiger partial charge is 0.326 e. The number of nitrogens with zero attached hydrogens (tertiary/aromatic N) is 2. The van der Waals surface area contributed by atoms with Crippen LogP contribution in [0.4, 0.5) is 0 Å². The minimum Gasteiger partial charge on any atom is -0.326 e. The summed E-state index contributed by atoms with van der Waals surface area (Å²) < 4.78 is 2.15. The number of hydrogen-bond donors (Lipinski definition) is 1. The van der Waals surface area contributed by atoms with Crippen LogP contribution in [-0.2, 0) is 12.8 Å². The molecule has 0 aliphatic heterocycles. The molecule has 2 unspecified atom stereocenters. The molecule has 0 aromatic carbocycles. The Labute approximate surface area is 119 Å². The molecule has 2 rings (SSSR count). The van der Waals surface area contributed by atoms with Gasteiger partial charge in [0.25, 0.3) is 0 Å². The summed E-state index contributed by atoms with van der Waals surface area (Å²) in [5, 5.41) is 9.07. The van der Waals surface area contributed by atoms with Gasteiger partial charge in [0, 0.05) is 11.7 Å². The van der Waals surface area contributed by atoms with Crippen LogP contribution in [-0.4, -0.2) is 15.8 Å². The topological polar surface area (TPSA) is 43.8 Å². The molecular formula is C15H23N3S. The van der Waals surface area contributed by atoms with Gasteiger partial charge in [0.1, 0.15) is 0 Å². The van der Waals surface area contributed by atoms with Crippen molar-refractivity contribution in [2.24, 2.45) is 5.73 Å². The van der Waals surface area contributed by atoms with Crippen molar-refractivity contribution in [1.29, 1.82) is 0 Å². The van der Waals surface area contributed by atoms with Gasteiger partial charge in [-0.1, -0.05) is 20.8 Å². The van der Waals surface area contributed by atoms with Crippen molar-refractivity contribution < 1.29 is 0 Å². The van der Waals surface area contributed by atoms with Crippen LogP contribution < -0.4 is 5.73 Å². The average Bonchev–Trinajstić information content (AvgIpc) is 3.08. The minimum atomic E-state index is 0.101. The van der Waals surface area contributed by atoms with Crippen molar-refractivity contribution >= 4 is 11.3 Å². The Kier molecular flexibility index (Phi) is 4.77. The first kappa shape index (κ1) is 14.3. The first-order valence-electron chi connectivity index (χ1n) is 7.06. The van der Waals surface area contributed by atoms with Gasteiger partial charge in [-0.3, -0.25) is 4.68 Å². The number of rotatable bonds is 6. The zero-order valence-electron chi connectivity index (χ0n) is 12.0. The number of aromatic nitrogens is 2. The highest BCUT2D eigenvalue weighted by Crippen LogP contribution is 2.26. The summed E-state index contributed by atoms with van der Waals surface area (Å²) >= 11 is 1.72. The number of aryl methyl sites for hydroxylation is 2. The van der Waals surface area contributed by atoms with Gasteiger partial charge in [-0.15, -0.1) is 0 Å². The van der Waals surface area contributed by atoms with E-state index in [1.807, 2.05) is 0 Å². The van der Waals surface area contributed by atoms with Crippen LogP contribution in [0.3, 0.4) is 0 Å². The molecule has 2 aromatic rings. The number of thiophene rings is 1. The molecule has 0 spiro atoms. The van der Waals surface area contributed by atoms with Gasteiger partial charge in [0.05, 0.1) is 11.7 Å². The molecule has 0 aliphatic rings. The van der Waals surface area contributed by atoms with E-state index in [0.29, 0.717) is 0 Å². The predicted molar refractivity (Wildman–Crippen MR) is 81.7 cm³/mol. The van der Waals surface area contributed by atoms with Gasteiger partial charge in [-0.05, 0) is 47.7 Å². The maximum Gasteiger partial charge on any atom is 0.0930 e. The quantitative estimate of drug-likeness (QED) is 0.879. The molecule has 0 fully saturated rings. The van der Waals surface area contributed by atoms with E-state index in [4.69, 9.17) is 10.8 Å². The highest BCUT2D eigenvalue weighted by atomic mass is 32.1. The first-order chi connectivity index (χ1) is 9.21. The molecule has 3 nitrogen and oxygen atoms in total. The van der Waals surface area contributed by atoms with Gasteiger partial charge >= 0.3 is 0 Å². The maximum absolute atomic E-state index is 6.36. The zero-order chi connectivity index (χ0) is 13.8. The zero-order valence-corrected chi connectivity index (χ0v) is 12.8. The lowest BCUT2D eigenvalue weighted by atomic mass is 10.0.